The predicted octanol–water partition coefficient (Wildman–Crippen LogP) is 15.6. The van der Waals surface area contributed by atoms with E-state index < -0.39 is 0 Å². The fraction of sp³-hybridized carbons (Fsp3) is 0.344. The molecule has 0 heterocycles. The molecule has 0 fully saturated rings. The predicted molar refractivity (Wildman–Crippen MR) is 287 cm³/mol. The number of rotatable bonds is 36. The van der Waals surface area contributed by atoms with Gasteiger partial charge in [0.1, 0.15) is 0 Å². The van der Waals surface area contributed by atoms with Crippen LogP contribution < -0.4 is 18.9 Å². The topological polar surface area (TPSA) is 105 Å². The van der Waals surface area contributed by atoms with Crippen molar-refractivity contribution in [2.24, 2.45) is 0 Å². The zero-order chi connectivity index (χ0) is 49.8. The molecular weight excluding hydrogens is 861 g/mol. The number of carbonyl (C=O) groups excluding carboxylic acids is 4. The van der Waals surface area contributed by atoms with Gasteiger partial charge in [0, 0.05) is 12.8 Å². The van der Waals surface area contributed by atoms with Crippen molar-refractivity contribution in [1.82, 2.24) is 0 Å². The van der Waals surface area contributed by atoms with E-state index in [2.05, 4.69) is 135 Å². The van der Waals surface area contributed by atoms with Gasteiger partial charge < -0.3 is 18.9 Å². The summed E-state index contributed by atoms with van der Waals surface area (Å²) < 4.78 is 22.0. The lowest BCUT2D eigenvalue weighted by Gasteiger charge is -2.10. The number of carbonyl (C=O) groups is 4. The van der Waals surface area contributed by atoms with Crippen LogP contribution in [0.25, 0.3) is 12.2 Å². The summed E-state index contributed by atoms with van der Waals surface area (Å²) in [5, 5.41) is 0. The number of benzene rings is 2. The van der Waals surface area contributed by atoms with Crippen LogP contribution in [0.3, 0.4) is 0 Å². The van der Waals surface area contributed by atoms with Crippen molar-refractivity contribution in [2.45, 2.75) is 123 Å². The second-order valence-corrected chi connectivity index (χ2v) is 15.7. The fourth-order valence-electron chi connectivity index (χ4n) is 6.23. The highest BCUT2D eigenvalue weighted by Gasteiger charge is 2.12. The Morgan fingerprint density at radius 2 is 0.710 bits per heavy atom. The average Bonchev–Trinajstić information content (AvgIpc) is 3.35. The van der Waals surface area contributed by atoms with Crippen molar-refractivity contribution < 1.29 is 38.1 Å². The van der Waals surface area contributed by atoms with Gasteiger partial charge in [0.15, 0.2) is 34.6 Å². The van der Waals surface area contributed by atoms with E-state index in [1.54, 1.807) is 48.6 Å². The Bertz CT molecular complexity index is 2030. The van der Waals surface area contributed by atoms with E-state index >= 15 is 0 Å². The van der Waals surface area contributed by atoms with Gasteiger partial charge >= 0.3 is 11.9 Å². The van der Waals surface area contributed by atoms with Gasteiger partial charge in [-0.1, -0.05) is 160 Å². The van der Waals surface area contributed by atoms with Crippen LogP contribution in [0, 0.1) is 0 Å². The lowest BCUT2D eigenvalue weighted by molar-refractivity contribution is -0.135. The molecule has 8 nitrogen and oxygen atoms in total. The van der Waals surface area contributed by atoms with E-state index in [0.717, 1.165) is 77.0 Å². The Kier molecular flexibility index (Phi) is 34.1. The fourth-order valence-corrected chi connectivity index (χ4v) is 6.23. The highest BCUT2D eigenvalue weighted by Crippen LogP contribution is 2.30. The van der Waals surface area contributed by atoms with Crippen LogP contribution in [0.1, 0.15) is 134 Å². The van der Waals surface area contributed by atoms with Crippen molar-refractivity contribution in [3.05, 3.63) is 181 Å². The molecule has 0 radical (unpaired) electrons. The summed E-state index contributed by atoms with van der Waals surface area (Å²) in [5.74, 6) is -0.202. The summed E-state index contributed by atoms with van der Waals surface area (Å²) in [6, 6.07) is 9.96. The van der Waals surface area contributed by atoms with E-state index in [4.69, 9.17) is 18.9 Å². The molecule has 0 atom stereocenters. The van der Waals surface area contributed by atoms with Gasteiger partial charge in [-0.25, -0.2) is 0 Å². The van der Waals surface area contributed by atoms with Crippen molar-refractivity contribution in [2.75, 3.05) is 14.2 Å². The minimum Gasteiger partial charge on any atom is -0.493 e. The first-order valence-electron chi connectivity index (χ1n) is 24.5. The molecule has 0 aliphatic rings. The maximum absolute atomic E-state index is 12.6. The second kappa shape index (κ2) is 40.3. The number of hydrogen-bond donors (Lipinski definition) is 0. The first kappa shape index (κ1) is 58.3. The molecule has 0 aliphatic heterocycles. The van der Waals surface area contributed by atoms with Gasteiger partial charge in [0.2, 0.25) is 0 Å². The number of ketones is 2. The second-order valence-electron chi connectivity index (χ2n) is 15.7. The van der Waals surface area contributed by atoms with E-state index in [1.165, 1.54) is 26.4 Å². The zero-order valence-electron chi connectivity index (χ0n) is 41.6. The molecule has 2 rings (SSSR count). The molecule has 69 heavy (non-hydrogen) atoms. The molecule has 2 aromatic carbocycles. The summed E-state index contributed by atoms with van der Waals surface area (Å²) in [7, 11) is 2.95. The van der Waals surface area contributed by atoms with Crippen molar-refractivity contribution >= 4 is 35.7 Å². The van der Waals surface area contributed by atoms with Gasteiger partial charge in [-0.2, -0.15) is 0 Å². The van der Waals surface area contributed by atoms with E-state index in [1.807, 2.05) is 0 Å². The molecular formula is C61H76O8. The molecule has 0 unspecified atom stereocenters. The normalized spacial score (nSPS) is 12.6. The quantitative estimate of drug-likeness (QED) is 0.0166. The van der Waals surface area contributed by atoms with Crippen LogP contribution in [0.5, 0.6) is 23.0 Å². The highest BCUT2D eigenvalue weighted by atomic mass is 16.6. The summed E-state index contributed by atoms with van der Waals surface area (Å²) in [4.78, 5) is 50.4. The highest BCUT2D eigenvalue weighted by molar-refractivity contribution is 6.10. The Hall–Kier alpha value is -6.80. The lowest BCUT2D eigenvalue weighted by atomic mass is 10.1. The smallest absolute Gasteiger partial charge is 0.311 e. The largest absolute Gasteiger partial charge is 0.493 e. The lowest BCUT2D eigenvalue weighted by Crippen LogP contribution is -2.08. The zero-order valence-corrected chi connectivity index (χ0v) is 41.6. The Morgan fingerprint density at radius 1 is 0.406 bits per heavy atom. The molecule has 8 heteroatoms. The third-order valence-electron chi connectivity index (χ3n) is 9.91. The average molecular weight is 937 g/mol. The minimum atomic E-state index is -0.382. The summed E-state index contributed by atoms with van der Waals surface area (Å²) >= 11 is 0. The standard InChI is InChI=1S/C61H76O8/c1-5-7-9-11-13-15-17-19-21-23-25-27-29-31-33-35-37-39-60(64)68-56-47-43-52(49-58(56)66-3)41-45-54(62)51-55(63)46-42-53-44-48-57(59(50-53)67-4)69-61(65)40-38-36-34-32-30-28-26-24-22-20-18-16-14-12-10-8-6-2/h7-10,13-16,19-22,25-28,31-34,41-50H,5-6,11-12,17-18,23-24,29-30,35-40,51H2,1-4H3/b9-7-,10-8-,15-13-,16-14-,21-19-,22-20-,27-25-,28-26-,33-31-,34-32-,45-41+,46-42+. The van der Waals surface area contributed by atoms with Gasteiger partial charge in [-0.05, 0) is 137 Å². The van der Waals surface area contributed by atoms with Crippen LogP contribution in [0.2, 0.25) is 0 Å². The molecule has 0 spiro atoms. The van der Waals surface area contributed by atoms with Crippen molar-refractivity contribution in [3.63, 3.8) is 0 Å². The number of unbranched alkanes of at least 4 members (excludes halogenated alkanes) is 2. The van der Waals surface area contributed by atoms with Crippen LogP contribution in [0.15, 0.2) is 170 Å². The Morgan fingerprint density at radius 3 is 1.01 bits per heavy atom. The summed E-state index contributed by atoms with van der Waals surface area (Å²) in [5.41, 5.74) is 1.28. The van der Waals surface area contributed by atoms with Gasteiger partial charge in [0.05, 0.1) is 20.6 Å². The molecule has 2 aromatic rings. The molecule has 0 N–H and O–H groups in total. The molecule has 0 aliphatic carbocycles. The van der Waals surface area contributed by atoms with Gasteiger partial charge in [-0.15, -0.1) is 0 Å². The number of esters is 2. The molecule has 0 saturated carbocycles. The Balaban J connectivity index is 1.69. The van der Waals surface area contributed by atoms with Crippen molar-refractivity contribution in [1.29, 1.82) is 0 Å². The van der Waals surface area contributed by atoms with E-state index in [-0.39, 0.29) is 54.3 Å². The van der Waals surface area contributed by atoms with Crippen LogP contribution in [0.4, 0.5) is 0 Å². The molecule has 0 aromatic heterocycles. The van der Waals surface area contributed by atoms with Crippen LogP contribution in [-0.2, 0) is 19.2 Å². The van der Waals surface area contributed by atoms with Crippen molar-refractivity contribution in [3.8, 4) is 23.0 Å². The molecule has 368 valence electrons. The summed E-state index contributed by atoms with van der Waals surface area (Å²) in [6.07, 6.45) is 61.5. The molecule has 0 saturated heterocycles. The number of hydrogen-bond acceptors (Lipinski definition) is 8. The van der Waals surface area contributed by atoms with Crippen LogP contribution in [-0.4, -0.2) is 37.7 Å². The SMILES string of the molecule is CC/C=C\C/C=C\C/C=C\C/C=C\C/C=C\CCCC(=O)Oc1ccc(/C=C/C(=O)CC(=O)/C=C/c2ccc(OC(=O)CCC/C=C\C/C=C\C/C=C\C/C=C\C/C=C\CC)c(OC)c2)cc1OC. The third-order valence-corrected chi connectivity index (χ3v) is 9.91. The van der Waals surface area contributed by atoms with E-state index in [0.29, 0.717) is 35.5 Å². The van der Waals surface area contributed by atoms with Gasteiger partial charge in [-0.3, -0.25) is 19.2 Å². The minimum absolute atomic E-state index is 0.262. The molecule has 0 bridgehead atoms. The number of allylic oxidation sites excluding steroid dienone is 22. The maximum atomic E-state index is 12.6. The maximum Gasteiger partial charge on any atom is 0.311 e. The number of methoxy groups -OCH3 is 2. The van der Waals surface area contributed by atoms with E-state index in [9.17, 15) is 19.2 Å². The van der Waals surface area contributed by atoms with Gasteiger partial charge in [0.25, 0.3) is 0 Å². The first-order valence-corrected chi connectivity index (χ1v) is 24.5. The molecule has 0 amide bonds. The third kappa shape index (κ3) is 31.0. The first-order chi connectivity index (χ1) is 33.8. The monoisotopic (exact) mass is 937 g/mol. The Labute approximate surface area is 413 Å². The summed E-state index contributed by atoms with van der Waals surface area (Å²) in [6.45, 7) is 4.27. The number of ether oxygens (including phenoxy) is 4. The van der Waals surface area contributed by atoms with Crippen LogP contribution >= 0.6 is 0 Å².